The number of hydrogen-bond acceptors (Lipinski definition) is 6. The summed E-state index contributed by atoms with van der Waals surface area (Å²) in [6.07, 6.45) is 3.70. The fraction of sp³-hybridized carbons (Fsp3) is 0.200. The minimum absolute atomic E-state index is 0.0246. The normalized spacial score (nSPS) is 10.4. The SMILES string of the molecule is CC(=O)Cc1ccc(O)c(-c2ccnn2C)c1.CC(=O)c1ccc(O)c(-c2ccnn2C)c1. The lowest BCUT2D eigenvalue weighted by Crippen LogP contribution is -1.98. The minimum Gasteiger partial charge on any atom is -0.507 e. The number of aromatic nitrogens is 4. The van der Waals surface area contributed by atoms with E-state index in [1.807, 2.05) is 19.2 Å². The van der Waals surface area contributed by atoms with E-state index >= 15 is 0 Å². The van der Waals surface area contributed by atoms with Crippen molar-refractivity contribution in [3.05, 3.63) is 72.1 Å². The Bertz CT molecular complexity index is 1300. The van der Waals surface area contributed by atoms with E-state index in [9.17, 15) is 19.8 Å². The molecule has 170 valence electrons. The van der Waals surface area contributed by atoms with Gasteiger partial charge in [-0.3, -0.25) is 19.0 Å². The lowest BCUT2D eigenvalue weighted by atomic mass is 10.0. The first-order chi connectivity index (χ1) is 15.7. The van der Waals surface area contributed by atoms with E-state index in [1.54, 1.807) is 66.1 Å². The van der Waals surface area contributed by atoms with Gasteiger partial charge in [0.25, 0.3) is 0 Å². The second kappa shape index (κ2) is 9.95. The van der Waals surface area contributed by atoms with Crippen molar-refractivity contribution in [2.75, 3.05) is 0 Å². The second-order valence-electron chi connectivity index (χ2n) is 7.70. The van der Waals surface area contributed by atoms with Gasteiger partial charge in [0.1, 0.15) is 17.3 Å². The number of carbonyl (C=O) groups excluding carboxylic acids is 2. The highest BCUT2D eigenvalue weighted by atomic mass is 16.3. The van der Waals surface area contributed by atoms with Gasteiger partial charge in [-0.05, 0) is 61.9 Å². The van der Waals surface area contributed by atoms with Crippen molar-refractivity contribution >= 4 is 11.6 Å². The lowest BCUT2D eigenvalue weighted by molar-refractivity contribution is -0.116. The van der Waals surface area contributed by atoms with Gasteiger partial charge in [-0.15, -0.1) is 0 Å². The fourth-order valence-corrected chi connectivity index (χ4v) is 3.42. The van der Waals surface area contributed by atoms with E-state index < -0.39 is 0 Å². The Balaban J connectivity index is 0.000000186. The molecule has 33 heavy (non-hydrogen) atoms. The zero-order valence-corrected chi connectivity index (χ0v) is 19.0. The Morgan fingerprint density at radius 1 is 0.788 bits per heavy atom. The third kappa shape index (κ3) is 5.54. The number of benzene rings is 2. The monoisotopic (exact) mass is 446 g/mol. The first-order valence-corrected chi connectivity index (χ1v) is 10.3. The quantitative estimate of drug-likeness (QED) is 0.450. The van der Waals surface area contributed by atoms with E-state index in [4.69, 9.17) is 0 Å². The third-order valence-corrected chi connectivity index (χ3v) is 5.11. The van der Waals surface area contributed by atoms with Crippen LogP contribution in [0.4, 0.5) is 0 Å². The Morgan fingerprint density at radius 2 is 1.30 bits per heavy atom. The number of nitrogens with zero attached hydrogens (tertiary/aromatic N) is 4. The van der Waals surface area contributed by atoms with Gasteiger partial charge in [0, 0.05) is 49.6 Å². The van der Waals surface area contributed by atoms with Gasteiger partial charge in [0.2, 0.25) is 0 Å². The van der Waals surface area contributed by atoms with Crippen LogP contribution in [0.3, 0.4) is 0 Å². The fourth-order valence-electron chi connectivity index (χ4n) is 3.42. The average Bonchev–Trinajstić information content (AvgIpc) is 3.38. The van der Waals surface area contributed by atoms with Gasteiger partial charge in [-0.1, -0.05) is 6.07 Å². The van der Waals surface area contributed by atoms with Crippen LogP contribution in [0.2, 0.25) is 0 Å². The molecule has 4 rings (SSSR count). The zero-order valence-electron chi connectivity index (χ0n) is 19.0. The van der Waals surface area contributed by atoms with Gasteiger partial charge >= 0.3 is 0 Å². The molecule has 0 spiro atoms. The van der Waals surface area contributed by atoms with Crippen molar-refractivity contribution in [1.82, 2.24) is 19.6 Å². The number of aromatic hydroxyl groups is 2. The summed E-state index contributed by atoms with van der Waals surface area (Å²) in [7, 11) is 3.60. The predicted molar refractivity (Wildman–Crippen MR) is 125 cm³/mol. The highest BCUT2D eigenvalue weighted by Crippen LogP contribution is 2.30. The zero-order chi connectivity index (χ0) is 24.1. The largest absolute Gasteiger partial charge is 0.507 e. The molecule has 2 aromatic carbocycles. The summed E-state index contributed by atoms with van der Waals surface area (Å²) in [5.74, 6) is 0.421. The Labute approximate surface area is 191 Å². The molecule has 0 radical (unpaired) electrons. The first kappa shape index (κ1) is 23.5. The highest BCUT2D eigenvalue weighted by Gasteiger charge is 2.11. The van der Waals surface area contributed by atoms with Crippen molar-refractivity contribution in [3.8, 4) is 34.0 Å². The van der Waals surface area contributed by atoms with Crippen LogP contribution in [0.15, 0.2) is 60.9 Å². The summed E-state index contributed by atoms with van der Waals surface area (Å²) in [5.41, 5.74) is 4.39. The van der Waals surface area contributed by atoms with Crippen LogP contribution in [-0.2, 0) is 25.3 Å². The van der Waals surface area contributed by atoms with Crippen LogP contribution in [0, 0.1) is 0 Å². The summed E-state index contributed by atoms with van der Waals surface area (Å²) in [4.78, 5) is 22.3. The molecule has 0 saturated carbocycles. The average molecular weight is 447 g/mol. The van der Waals surface area contributed by atoms with E-state index in [1.165, 1.54) is 13.0 Å². The number of phenols is 2. The highest BCUT2D eigenvalue weighted by molar-refractivity contribution is 5.95. The van der Waals surface area contributed by atoms with E-state index in [0.717, 1.165) is 17.0 Å². The maximum Gasteiger partial charge on any atom is 0.159 e. The maximum atomic E-state index is 11.3. The molecule has 0 bridgehead atoms. The smallest absolute Gasteiger partial charge is 0.159 e. The molecule has 2 heterocycles. The summed E-state index contributed by atoms with van der Waals surface area (Å²) >= 11 is 0. The van der Waals surface area contributed by atoms with Crippen LogP contribution in [0.25, 0.3) is 22.5 Å². The topological polar surface area (TPSA) is 110 Å². The Morgan fingerprint density at radius 3 is 1.76 bits per heavy atom. The molecule has 0 amide bonds. The van der Waals surface area contributed by atoms with Crippen molar-refractivity contribution in [2.24, 2.45) is 14.1 Å². The summed E-state index contributed by atoms with van der Waals surface area (Å²) in [5, 5.41) is 27.7. The molecule has 8 nitrogen and oxygen atoms in total. The number of hydrogen-bond donors (Lipinski definition) is 2. The van der Waals surface area contributed by atoms with Crippen molar-refractivity contribution in [1.29, 1.82) is 0 Å². The predicted octanol–water partition coefficient (Wildman–Crippen LogP) is 3.92. The molecular weight excluding hydrogens is 420 g/mol. The Hall–Kier alpha value is -4.20. The van der Waals surface area contributed by atoms with Gasteiger partial charge < -0.3 is 10.2 Å². The maximum absolute atomic E-state index is 11.3. The van der Waals surface area contributed by atoms with Crippen LogP contribution >= 0.6 is 0 Å². The number of carbonyl (C=O) groups is 2. The van der Waals surface area contributed by atoms with Crippen molar-refractivity contribution in [3.63, 3.8) is 0 Å². The van der Waals surface area contributed by atoms with E-state index in [-0.39, 0.29) is 23.1 Å². The molecule has 0 fully saturated rings. The first-order valence-electron chi connectivity index (χ1n) is 10.3. The van der Waals surface area contributed by atoms with Crippen LogP contribution in [-0.4, -0.2) is 41.3 Å². The number of phenolic OH excluding ortho intramolecular Hbond substituents is 2. The molecule has 0 atom stereocenters. The van der Waals surface area contributed by atoms with Gasteiger partial charge in [0.05, 0.1) is 11.4 Å². The van der Waals surface area contributed by atoms with E-state index in [0.29, 0.717) is 23.1 Å². The van der Waals surface area contributed by atoms with Gasteiger partial charge in [0.15, 0.2) is 5.78 Å². The van der Waals surface area contributed by atoms with Crippen molar-refractivity contribution in [2.45, 2.75) is 20.3 Å². The molecule has 8 heteroatoms. The third-order valence-electron chi connectivity index (χ3n) is 5.11. The van der Waals surface area contributed by atoms with Crippen LogP contribution < -0.4 is 0 Å². The van der Waals surface area contributed by atoms with Gasteiger partial charge in [-0.25, -0.2) is 0 Å². The molecule has 0 saturated heterocycles. The summed E-state index contributed by atoms with van der Waals surface area (Å²) < 4.78 is 3.34. The van der Waals surface area contributed by atoms with Gasteiger partial charge in [-0.2, -0.15) is 10.2 Å². The molecule has 0 aliphatic carbocycles. The standard InChI is InChI=1S/C13H14N2O2.C12H12N2O2/c1-9(16)7-10-3-4-13(17)11(8-10)12-5-6-14-15(12)2;1-8(15)9-3-4-12(16)10(7-9)11-5-6-13-14(11)2/h3-6,8,17H,7H2,1-2H3;3-7,16H,1-2H3. The molecular formula is C25H26N4O4. The number of rotatable bonds is 5. The molecule has 2 aromatic heterocycles. The summed E-state index contributed by atoms with van der Waals surface area (Å²) in [6, 6.07) is 13.6. The molecule has 4 aromatic rings. The number of ketones is 2. The van der Waals surface area contributed by atoms with E-state index in [2.05, 4.69) is 10.2 Å². The second-order valence-corrected chi connectivity index (χ2v) is 7.70. The molecule has 2 N–H and O–H groups in total. The molecule has 0 aliphatic heterocycles. The van der Waals surface area contributed by atoms with Crippen molar-refractivity contribution < 1.29 is 19.8 Å². The lowest BCUT2D eigenvalue weighted by Gasteiger charge is -2.07. The molecule has 0 aliphatic rings. The minimum atomic E-state index is -0.0246. The molecule has 0 unspecified atom stereocenters. The number of Topliss-reactive ketones (excluding diaryl/α,β-unsaturated/α-hetero) is 2. The Kier molecular flexibility index (Phi) is 7.07. The summed E-state index contributed by atoms with van der Waals surface area (Å²) in [6.45, 7) is 3.05. The van der Waals surface area contributed by atoms with Crippen LogP contribution in [0.1, 0.15) is 29.8 Å². The number of aryl methyl sites for hydroxylation is 2. The van der Waals surface area contributed by atoms with Crippen LogP contribution in [0.5, 0.6) is 11.5 Å².